The second-order valence-electron chi connectivity index (χ2n) is 6.78. The molecular weight excluding hydrogens is 378 g/mol. The Morgan fingerprint density at radius 2 is 1.62 bits per heavy atom. The Labute approximate surface area is 166 Å². The zero-order valence-electron chi connectivity index (χ0n) is 15.9. The Hall–Kier alpha value is -3.75. The summed E-state index contributed by atoms with van der Waals surface area (Å²) in [7, 11) is 0. The summed E-state index contributed by atoms with van der Waals surface area (Å²) in [6.45, 7) is 3.64. The van der Waals surface area contributed by atoms with Crippen LogP contribution in [0.15, 0.2) is 48.5 Å². The van der Waals surface area contributed by atoms with E-state index in [-0.39, 0.29) is 34.8 Å². The minimum absolute atomic E-state index is 0.0234. The van der Waals surface area contributed by atoms with Gasteiger partial charge in [0.1, 0.15) is 0 Å². The van der Waals surface area contributed by atoms with E-state index in [1.54, 1.807) is 12.1 Å². The molecule has 29 heavy (non-hydrogen) atoms. The normalized spacial score (nSPS) is 11.6. The van der Waals surface area contributed by atoms with Crippen LogP contribution >= 0.6 is 0 Å². The van der Waals surface area contributed by atoms with Crippen molar-refractivity contribution in [1.29, 1.82) is 0 Å². The number of nitro benzene ring substituents is 1. The molecule has 9 nitrogen and oxygen atoms in total. The highest BCUT2D eigenvalue weighted by Gasteiger charge is 2.19. The molecule has 0 saturated carbocycles. The van der Waals surface area contributed by atoms with Crippen molar-refractivity contribution in [3.63, 3.8) is 0 Å². The SMILES string of the molecule is CC(C)C[C@@H](NC(=O)c1ccccc1NC(=O)c1ccc([N+](=O)[O-])cc1)C(=O)[O-]. The fourth-order valence-corrected chi connectivity index (χ4v) is 2.64. The van der Waals surface area contributed by atoms with E-state index in [0.29, 0.717) is 0 Å². The predicted octanol–water partition coefficient (Wildman–Crippen LogP) is 1.74. The van der Waals surface area contributed by atoms with Gasteiger partial charge in [-0.15, -0.1) is 0 Å². The van der Waals surface area contributed by atoms with Crippen LogP contribution in [0.25, 0.3) is 0 Å². The fourth-order valence-electron chi connectivity index (χ4n) is 2.64. The average Bonchev–Trinajstić information content (AvgIpc) is 2.67. The number of para-hydroxylation sites is 1. The van der Waals surface area contributed by atoms with Gasteiger partial charge in [0.2, 0.25) is 0 Å². The molecule has 0 spiro atoms. The van der Waals surface area contributed by atoms with Crippen LogP contribution in [0.5, 0.6) is 0 Å². The summed E-state index contributed by atoms with van der Waals surface area (Å²) < 4.78 is 0. The molecular formula is C20H20N3O6-. The molecule has 2 amide bonds. The van der Waals surface area contributed by atoms with Crippen LogP contribution in [-0.4, -0.2) is 28.7 Å². The molecule has 0 saturated heterocycles. The smallest absolute Gasteiger partial charge is 0.269 e. The summed E-state index contributed by atoms with van der Waals surface area (Å²) in [5.74, 6) is -2.60. The molecule has 2 aromatic rings. The van der Waals surface area contributed by atoms with Crippen LogP contribution in [0.3, 0.4) is 0 Å². The third-order valence-corrected chi connectivity index (χ3v) is 4.06. The van der Waals surface area contributed by atoms with E-state index in [0.717, 1.165) is 0 Å². The average molecular weight is 398 g/mol. The first-order valence-corrected chi connectivity index (χ1v) is 8.85. The Bertz CT molecular complexity index is 924. The van der Waals surface area contributed by atoms with E-state index in [2.05, 4.69) is 10.6 Å². The van der Waals surface area contributed by atoms with Crippen molar-refractivity contribution in [2.45, 2.75) is 26.3 Å². The minimum atomic E-state index is -1.39. The second kappa shape index (κ2) is 9.45. The summed E-state index contributed by atoms with van der Waals surface area (Å²) in [5.41, 5.74) is 0.269. The number of carbonyl (C=O) groups is 3. The Balaban J connectivity index is 2.19. The van der Waals surface area contributed by atoms with Crippen molar-refractivity contribution in [2.24, 2.45) is 5.92 Å². The third kappa shape index (κ3) is 5.86. The number of hydrogen-bond acceptors (Lipinski definition) is 6. The summed E-state index contributed by atoms with van der Waals surface area (Å²) in [5, 5.41) is 27.0. The quantitative estimate of drug-likeness (QED) is 0.512. The third-order valence-electron chi connectivity index (χ3n) is 4.06. The number of nitrogens with zero attached hydrogens (tertiary/aromatic N) is 1. The summed E-state index contributed by atoms with van der Waals surface area (Å²) >= 11 is 0. The number of non-ortho nitro benzene ring substituents is 1. The number of nitrogens with one attached hydrogen (secondary N) is 2. The zero-order chi connectivity index (χ0) is 21.6. The van der Waals surface area contributed by atoms with E-state index in [1.165, 1.54) is 36.4 Å². The molecule has 2 rings (SSSR count). The first-order valence-electron chi connectivity index (χ1n) is 8.85. The van der Waals surface area contributed by atoms with Crippen LogP contribution in [0.4, 0.5) is 11.4 Å². The van der Waals surface area contributed by atoms with Crippen molar-refractivity contribution < 1.29 is 24.4 Å². The Morgan fingerprint density at radius 1 is 1.00 bits per heavy atom. The number of amides is 2. The van der Waals surface area contributed by atoms with Crippen LogP contribution in [0, 0.1) is 16.0 Å². The molecule has 9 heteroatoms. The largest absolute Gasteiger partial charge is 0.548 e. The van der Waals surface area contributed by atoms with E-state index in [9.17, 15) is 29.6 Å². The summed E-state index contributed by atoms with van der Waals surface area (Å²) in [6.07, 6.45) is 0.200. The van der Waals surface area contributed by atoms with Crippen LogP contribution in [-0.2, 0) is 4.79 Å². The van der Waals surface area contributed by atoms with Crippen LogP contribution in [0.2, 0.25) is 0 Å². The highest BCUT2D eigenvalue weighted by molar-refractivity contribution is 6.09. The maximum Gasteiger partial charge on any atom is 0.269 e. The molecule has 0 fully saturated rings. The standard InChI is InChI=1S/C20H21N3O6/c1-12(2)11-17(20(26)27)22-19(25)15-5-3-4-6-16(15)21-18(24)13-7-9-14(10-8-13)23(28)29/h3-10,12,17H,11H2,1-2H3,(H,21,24)(H,22,25)(H,26,27)/p-1/t17-/m1/s1. The summed E-state index contributed by atoms with van der Waals surface area (Å²) in [6, 6.07) is 9.95. The lowest BCUT2D eigenvalue weighted by Gasteiger charge is -2.22. The molecule has 0 aliphatic rings. The van der Waals surface area contributed by atoms with Gasteiger partial charge in [0, 0.05) is 17.7 Å². The number of carboxylic acid groups (broad SMARTS) is 1. The van der Waals surface area contributed by atoms with Crippen molar-refractivity contribution in [1.82, 2.24) is 5.32 Å². The van der Waals surface area contributed by atoms with E-state index in [4.69, 9.17) is 0 Å². The van der Waals surface area contributed by atoms with E-state index in [1.807, 2.05) is 13.8 Å². The van der Waals surface area contributed by atoms with Crippen molar-refractivity contribution in [2.75, 3.05) is 5.32 Å². The highest BCUT2D eigenvalue weighted by Crippen LogP contribution is 2.18. The molecule has 0 bridgehead atoms. The number of carboxylic acids is 1. The first-order chi connectivity index (χ1) is 13.7. The first kappa shape index (κ1) is 21.5. The molecule has 0 aliphatic heterocycles. The molecule has 0 heterocycles. The van der Waals surface area contributed by atoms with Gasteiger partial charge in [0.25, 0.3) is 17.5 Å². The second-order valence-corrected chi connectivity index (χ2v) is 6.78. The van der Waals surface area contributed by atoms with Crippen LogP contribution < -0.4 is 15.7 Å². The van der Waals surface area contributed by atoms with Gasteiger partial charge >= 0.3 is 0 Å². The number of anilines is 1. The lowest BCUT2D eigenvalue weighted by atomic mass is 10.0. The molecule has 0 unspecified atom stereocenters. The van der Waals surface area contributed by atoms with Gasteiger partial charge in [-0.25, -0.2) is 0 Å². The van der Waals surface area contributed by atoms with Crippen molar-refractivity contribution >= 4 is 29.2 Å². The molecule has 2 aromatic carbocycles. The predicted molar refractivity (Wildman–Crippen MR) is 103 cm³/mol. The number of benzene rings is 2. The molecule has 2 N–H and O–H groups in total. The Kier molecular flexibility index (Phi) is 7.02. The monoisotopic (exact) mass is 398 g/mol. The number of carbonyl (C=O) groups excluding carboxylic acids is 3. The number of nitro groups is 1. The minimum Gasteiger partial charge on any atom is -0.548 e. The fraction of sp³-hybridized carbons (Fsp3) is 0.250. The molecule has 1 atom stereocenters. The molecule has 152 valence electrons. The topological polar surface area (TPSA) is 141 Å². The number of aliphatic carboxylic acids is 1. The van der Waals surface area contributed by atoms with Gasteiger partial charge in [-0.1, -0.05) is 26.0 Å². The van der Waals surface area contributed by atoms with Crippen molar-refractivity contribution in [3.8, 4) is 0 Å². The number of rotatable bonds is 8. The van der Waals surface area contributed by atoms with E-state index < -0.39 is 28.7 Å². The van der Waals surface area contributed by atoms with Crippen LogP contribution in [0.1, 0.15) is 41.0 Å². The molecule has 0 aromatic heterocycles. The Morgan fingerprint density at radius 3 is 2.17 bits per heavy atom. The lowest BCUT2D eigenvalue weighted by Crippen LogP contribution is -2.48. The highest BCUT2D eigenvalue weighted by atomic mass is 16.6. The zero-order valence-corrected chi connectivity index (χ0v) is 15.9. The van der Waals surface area contributed by atoms with Gasteiger partial charge in [-0.3, -0.25) is 19.7 Å². The summed E-state index contributed by atoms with van der Waals surface area (Å²) in [4.78, 5) is 46.4. The maximum absolute atomic E-state index is 12.6. The van der Waals surface area contributed by atoms with Gasteiger partial charge in [-0.2, -0.15) is 0 Å². The van der Waals surface area contributed by atoms with Gasteiger partial charge < -0.3 is 20.5 Å². The maximum atomic E-state index is 12.6. The molecule has 0 radical (unpaired) electrons. The van der Waals surface area contributed by atoms with Gasteiger partial charge in [-0.05, 0) is 36.6 Å². The lowest BCUT2D eigenvalue weighted by molar-refractivity contribution is -0.384. The number of hydrogen-bond donors (Lipinski definition) is 2. The molecule has 0 aliphatic carbocycles. The van der Waals surface area contributed by atoms with Crippen molar-refractivity contribution in [3.05, 3.63) is 69.8 Å². The van der Waals surface area contributed by atoms with E-state index >= 15 is 0 Å². The van der Waals surface area contributed by atoms with Gasteiger partial charge in [0.15, 0.2) is 0 Å². The van der Waals surface area contributed by atoms with Gasteiger partial charge in [0.05, 0.1) is 28.2 Å².